The fraction of sp³-hybridized carbons (Fsp3) is 0.136. The summed E-state index contributed by atoms with van der Waals surface area (Å²) in [6.45, 7) is 0. The fourth-order valence-corrected chi connectivity index (χ4v) is 3.74. The van der Waals surface area contributed by atoms with Crippen LogP contribution in [0.4, 0.5) is 11.6 Å². The van der Waals surface area contributed by atoms with Crippen LogP contribution in [0.15, 0.2) is 59.1 Å². The summed E-state index contributed by atoms with van der Waals surface area (Å²) >= 11 is 0. The maximum Gasteiger partial charge on any atom is 0.263 e. The number of nitrogen functional groups attached to an aromatic ring is 1. The highest BCUT2D eigenvalue weighted by molar-refractivity contribution is 6.11. The number of nitrogens with one attached hydrogen (secondary N) is 1. The van der Waals surface area contributed by atoms with Gasteiger partial charge in [0.15, 0.2) is 0 Å². The van der Waals surface area contributed by atoms with E-state index < -0.39 is 0 Å². The van der Waals surface area contributed by atoms with Crippen molar-refractivity contribution in [3.63, 3.8) is 0 Å². The predicted molar refractivity (Wildman–Crippen MR) is 108 cm³/mol. The lowest BCUT2D eigenvalue weighted by atomic mass is 10.1. The van der Waals surface area contributed by atoms with E-state index in [0.717, 1.165) is 35.9 Å². The molecule has 1 aliphatic rings. The van der Waals surface area contributed by atoms with Crippen molar-refractivity contribution in [2.75, 3.05) is 11.1 Å². The second-order valence-electron chi connectivity index (χ2n) is 6.95. The van der Waals surface area contributed by atoms with E-state index >= 15 is 0 Å². The predicted octanol–water partition coefficient (Wildman–Crippen LogP) is 4.21. The Morgan fingerprint density at radius 1 is 1.04 bits per heavy atom. The number of benzene rings is 2. The smallest absolute Gasteiger partial charge is 0.263 e. The van der Waals surface area contributed by atoms with Gasteiger partial charge in [0.05, 0.1) is 11.2 Å². The topological polar surface area (TPSA) is 94.0 Å². The van der Waals surface area contributed by atoms with E-state index in [-0.39, 0.29) is 17.4 Å². The number of pyridine rings is 1. The number of anilines is 2. The van der Waals surface area contributed by atoms with Gasteiger partial charge in [-0.15, -0.1) is 0 Å². The molecule has 0 radical (unpaired) electrons. The number of amides is 1. The number of carbonyl (C=O) groups is 1. The number of rotatable bonds is 3. The molecule has 0 bridgehead atoms. The largest absolute Gasteiger partial charge is 0.367 e. The van der Waals surface area contributed by atoms with E-state index in [1.165, 1.54) is 11.1 Å². The van der Waals surface area contributed by atoms with Gasteiger partial charge >= 0.3 is 0 Å². The number of hydrogen-bond acceptors (Lipinski definition) is 5. The van der Waals surface area contributed by atoms with Gasteiger partial charge < -0.3 is 15.6 Å². The highest BCUT2D eigenvalue weighted by atomic mass is 16.5. The first-order valence-corrected chi connectivity index (χ1v) is 9.23. The Balaban J connectivity index is 1.50. The monoisotopic (exact) mass is 370 g/mol. The quantitative estimate of drug-likeness (QED) is 0.563. The molecule has 0 saturated heterocycles. The summed E-state index contributed by atoms with van der Waals surface area (Å²) in [5, 5.41) is 7.91. The lowest BCUT2D eigenvalue weighted by Crippen LogP contribution is -2.14. The summed E-state index contributed by atoms with van der Waals surface area (Å²) in [6.07, 6.45) is 3.30. The van der Waals surface area contributed by atoms with Gasteiger partial charge in [-0.1, -0.05) is 35.5 Å². The molecule has 0 unspecified atom stereocenters. The summed E-state index contributed by atoms with van der Waals surface area (Å²) in [5.41, 5.74) is 11.2. The standard InChI is InChI=1S/C22H18N4O2/c23-21-19(22(27)24-16-10-8-13-5-3-6-15(13)12-16)20(26-28-21)18-11-9-14-4-1-2-7-17(14)25-18/h1-2,4,7-12H,3,5-6,23H2,(H,24,27). The Kier molecular flexibility index (Phi) is 3.83. The number of aryl methyl sites for hydroxylation is 2. The van der Waals surface area contributed by atoms with Gasteiger partial charge in [-0.3, -0.25) is 4.79 Å². The molecule has 3 N–H and O–H groups in total. The van der Waals surface area contributed by atoms with E-state index in [2.05, 4.69) is 21.5 Å². The molecule has 0 aliphatic heterocycles. The van der Waals surface area contributed by atoms with Crippen molar-refractivity contribution in [2.24, 2.45) is 0 Å². The van der Waals surface area contributed by atoms with Crippen molar-refractivity contribution < 1.29 is 9.32 Å². The molecule has 1 aliphatic carbocycles. The van der Waals surface area contributed by atoms with Gasteiger partial charge in [0.1, 0.15) is 11.3 Å². The highest BCUT2D eigenvalue weighted by Gasteiger charge is 2.24. The van der Waals surface area contributed by atoms with Crippen LogP contribution in [0.5, 0.6) is 0 Å². The minimum absolute atomic E-state index is 0.0244. The molecule has 0 atom stereocenters. The maximum absolute atomic E-state index is 12.9. The first kappa shape index (κ1) is 16.5. The number of nitrogens with zero attached hydrogens (tertiary/aromatic N) is 2. The van der Waals surface area contributed by atoms with Crippen LogP contribution in [0.3, 0.4) is 0 Å². The first-order valence-electron chi connectivity index (χ1n) is 9.23. The van der Waals surface area contributed by atoms with Crippen LogP contribution in [0.25, 0.3) is 22.3 Å². The van der Waals surface area contributed by atoms with Crippen LogP contribution >= 0.6 is 0 Å². The molecule has 5 rings (SSSR count). The zero-order valence-corrected chi connectivity index (χ0v) is 15.1. The van der Waals surface area contributed by atoms with Gasteiger partial charge in [0, 0.05) is 11.1 Å². The molecule has 1 amide bonds. The van der Waals surface area contributed by atoms with E-state index in [0.29, 0.717) is 11.4 Å². The molecule has 0 fully saturated rings. The number of fused-ring (bicyclic) bond motifs is 2. The van der Waals surface area contributed by atoms with Crippen molar-refractivity contribution in [2.45, 2.75) is 19.3 Å². The molecule has 0 spiro atoms. The van der Waals surface area contributed by atoms with Crippen LogP contribution in [-0.4, -0.2) is 16.0 Å². The van der Waals surface area contributed by atoms with Crippen molar-refractivity contribution in [1.82, 2.24) is 10.1 Å². The number of carbonyl (C=O) groups excluding carboxylic acids is 1. The molecule has 4 aromatic rings. The van der Waals surface area contributed by atoms with Crippen molar-refractivity contribution >= 4 is 28.4 Å². The normalized spacial score (nSPS) is 12.9. The Hall–Kier alpha value is -3.67. The van der Waals surface area contributed by atoms with Crippen molar-refractivity contribution in [3.8, 4) is 11.4 Å². The van der Waals surface area contributed by atoms with Crippen LogP contribution in [0.1, 0.15) is 27.9 Å². The third-order valence-electron chi connectivity index (χ3n) is 5.14. The molecular weight excluding hydrogens is 352 g/mol. The first-order chi connectivity index (χ1) is 13.7. The summed E-state index contributed by atoms with van der Waals surface area (Å²) in [5.74, 6) is -0.384. The van der Waals surface area contributed by atoms with Gasteiger partial charge in [0.25, 0.3) is 5.91 Å². The summed E-state index contributed by atoms with van der Waals surface area (Å²) < 4.78 is 5.12. The number of para-hydroxylation sites is 1. The highest BCUT2D eigenvalue weighted by Crippen LogP contribution is 2.29. The molecule has 2 aromatic heterocycles. The van der Waals surface area contributed by atoms with E-state index in [1.54, 1.807) is 0 Å². The molecule has 0 saturated carbocycles. The van der Waals surface area contributed by atoms with Crippen LogP contribution in [0.2, 0.25) is 0 Å². The molecule has 6 heteroatoms. The Bertz CT molecular complexity index is 1210. The van der Waals surface area contributed by atoms with E-state index in [9.17, 15) is 4.79 Å². The average molecular weight is 370 g/mol. The third kappa shape index (κ3) is 2.79. The molecule has 2 aromatic carbocycles. The lowest BCUT2D eigenvalue weighted by Gasteiger charge is -2.08. The second kappa shape index (κ2) is 6.49. The van der Waals surface area contributed by atoms with Gasteiger partial charge in [-0.25, -0.2) is 4.98 Å². The van der Waals surface area contributed by atoms with Crippen molar-refractivity contribution in [1.29, 1.82) is 0 Å². The molecule has 138 valence electrons. The number of hydrogen-bond donors (Lipinski definition) is 2. The number of aromatic nitrogens is 2. The summed E-state index contributed by atoms with van der Waals surface area (Å²) in [6, 6.07) is 17.5. The SMILES string of the molecule is Nc1onc(-c2ccc3ccccc3n2)c1C(=O)Nc1ccc2c(c1)CCC2. The maximum atomic E-state index is 12.9. The van der Waals surface area contributed by atoms with Crippen LogP contribution in [-0.2, 0) is 12.8 Å². The van der Waals surface area contributed by atoms with E-state index in [1.807, 2.05) is 48.5 Å². The minimum Gasteiger partial charge on any atom is -0.367 e. The van der Waals surface area contributed by atoms with Gasteiger partial charge in [-0.2, -0.15) is 0 Å². The Morgan fingerprint density at radius 2 is 1.89 bits per heavy atom. The summed E-state index contributed by atoms with van der Waals surface area (Å²) in [4.78, 5) is 17.5. The molecule has 2 heterocycles. The Labute approximate surface area is 161 Å². The van der Waals surface area contributed by atoms with Crippen LogP contribution in [0, 0.1) is 0 Å². The zero-order valence-electron chi connectivity index (χ0n) is 15.1. The summed E-state index contributed by atoms with van der Waals surface area (Å²) in [7, 11) is 0. The van der Waals surface area contributed by atoms with Gasteiger partial charge in [-0.05, 0) is 54.7 Å². The fourth-order valence-electron chi connectivity index (χ4n) is 3.74. The third-order valence-corrected chi connectivity index (χ3v) is 5.14. The van der Waals surface area contributed by atoms with Crippen LogP contribution < -0.4 is 11.1 Å². The van der Waals surface area contributed by atoms with Gasteiger partial charge in [0.2, 0.25) is 5.88 Å². The number of nitrogens with two attached hydrogens (primary N) is 1. The Morgan fingerprint density at radius 3 is 2.82 bits per heavy atom. The molecular formula is C22H18N4O2. The zero-order chi connectivity index (χ0) is 19.1. The molecule has 28 heavy (non-hydrogen) atoms. The molecule has 6 nitrogen and oxygen atoms in total. The minimum atomic E-state index is -0.360. The van der Waals surface area contributed by atoms with Crippen molar-refractivity contribution in [3.05, 3.63) is 71.3 Å². The second-order valence-corrected chi connectivity index (χ2v) is 6.95. The average Bonchev–Trinajstić information content (AvgIpc) is 3.33. The lowest BCUT2D eigenvalue weighted by molar-refractivity contribution is 0.102. The van der Waals surface area contributed by atoms with E-state index in [4.69, 9.17) is 10.3 Å².